The van der Waals surface area contributed by atoms with Crippen LogP contribution in [0, 0.1) is 0 Å². The minimum Gasteiger partial charge on any atom is -0.508 e. The number of aromatic amines is 1. The van der Waals surface area contributed by atoms with Gasteiger partial charge in [-0.15, -0.1) is 0 Å². The number of phenolic OH excluding ortho intramolecular Hbond substituents is 1. The van der Waals surface area contributed by atoms with Crippen molar-refractivity contribution in [3.8, 4) is 17.0 Å². The molecule has 4 N–H and O–H groups in total. The van der Waals surface area contributed by atoms with Crippen molar-refractivity contribution in [2.75, 3.05) is 0 Å². The first-order valence-corrected chi connectivity index (χ1v) is 5.08. The molecule has 0 unspecified atom stereocenters. The fourth-order valence-electron chi connectivity index (χ4n) is 1.29. The van der Waals surface area contributed by atoms with Gasteiger partial charge >= 0.3 is 0 Å². The number of aromatic nitrogens is 3. The summed E-state index contributed by atoms with van der Waals surface area (Å²) in [5, 5.41) is 19.1. The number of H-pyrrole nitrogens is 1. The molecule has 6 nitrogen and oxygen atoms in total. The van der Waals surface area contributed by atoms with Crippen molar-refractivity contribution in [3.05, 3.63) is 28.4 Å². The Hall–Kier alpha value is -1.89. The summed E-state index contributed by atoms with van der Waals surface area (Å²) in [5.41, 5.74) is 6.18. The number of hydrogen-bond acceptors (Lipinski definition) is 4. The molecule has 0 aliphatic carbocycles. The van der Waals surface area contributed by atoms with E-state index in [1.54, 1.807) is 6.07 Å². The van der Waals surface area contributed by atoms with Crippen molar-refractivity contribution in [2.45, 2.75) is 0 Å². The number of nitrogens with one attached hydrogen (secondary N) is 1. The molecule has 0 radical (unpaired) electrons. The summed E-state index contributed by atoms with van der Waals surface area (Å²) in [7, 11) is 0. The number of rotatable bonds is 2. The number of primary amides is 1. The Morgan fingerprint density at radius 1 is 1.44 bits per heavy atom. The average molecular weight is 283 g/mol. The van der Waals surface area contributed by atoms with Crippen LogP contribution in [0.2, 0.25) is 0 Å². The van der Waals surface area contributed by atoms with Crippen LogP contribution < -0.4 is 5.73 Å². The zero-order chi connectivity index (χ0) is 11.7. The topological polar surface area (TPSA) is 105 Å². The number of aromatic hydroxyl groups is 1. The smallest absolute Gasteiger partial charge is 0.271 e. The van der Waals surface area contributed by atoms with E-state index in [-0.39, 0.29) is 11.4 Å². The maximum atomic E-state index is 11.1. The third-order valence-corrected chi connectivity index (χ3v) is 2.65. The Balaban J connectivity index is 2.59. The highest BCUT2D eigenvalue weighted by molar-refractivity contribution is 9.10. The van der Waals surface area contributed by atoms with Crippen molar-refractivity contribution < 1.29 is 9.90 Å². The molecule has 1 aromatic heterocycles. The highest BCUT2D eigenvalue weighted by Gasteiger charge is 2.17. The minimum absolute atomic E-state index is 0.0615. The second-order valence-electron chi connectivity index (χ2n) is 3.05. The zero-order valence-corrected chi connectivity index (χ0v) is 9.52. The lowest BCUT2D eigenvalue weighted by atomic mass is 10.1. The average Bonchev–Trinajstić information content (AvgIpc) is 2.66. The molecule has 1 heterocycles. The summed E-state index contributed by atoms with van der Waals surface area (Å²) in [6.07, 6.45) is 0. The highest BCUT2D eigenvalue weighted by Crippen LogP contribution is 2.30. The minimum atomic E-state index is -0.663. The van der Waals surface area contributed by atoms with Crippen molar-refractivity contribution in [1.82, 2.24) is 15.4 Å². The van der Waals surface area contributed by atoms with Crippen LogP contribution in [0.15, 0.2) is 22.7 Å². The van der Waals surface area contributed by atoms with Crippen LogP contribution >= 0.6 is 15.9 Å². The molecule has 1 aromatic carbocycles. The van der Waals surface area contributed by atoms with Crippen LogP contribution in [-0.4, -0.2) is 26.4 Å². The predicted molar refractivity (Wildman–Crippen MR) is 59.7 cm³/mol. The van der Waals surface area contributed by atoms with E-state index in [0.717, 1.165) is 0 Å². The Labute approximate surface area is 98.6 Å². The summed E-state index contributed by atoms with van der Waals surface area (Å²) in [6.45, 7) is 0. The molecule has 7 heteroatoms. The number of hydrogen-bond donors (Lipinski definition) is 3. The number of carbonyl (C=O) groups is 1. The molecule has 82 valence electrons. The zero-order valence-electron chi connectivity index (χ0n) is 7.94. The maximum absolute atomic E-state index is 11.1. The Bertz CT molecular complexity index is 552. The molecule has 16 heavy (non-hydrogen) atoms. The van der Waals surface area contributed by atoms with Crippen molar-refractivity contribution in [1.29, 1.82) is 0 Å². The molecule has 2 rings (SSSR count). The van der Waals surface area contributed by atoms with Crippen molar-refractivity contribution in [3.63, 3.8) is 0 Å². The van der Waals surface area contributed by atoms with E-state index in [2.05, 4.69) is 31.3 Å². The van der Waals surface area contributed by atoms with Crippen molar-refractivity contribution in [2.24, 2.45) is 5.73 Å². The SMILES string of the molecule is NC(=O)c1n[nH]nc1-c1ccc(O)cc1Br. The molecule has 0 fully saturated rings. The molecule has 0 bridgehead atoms. The first-order chi connectivity index (χ1) is 7.59. The van der Waals surface area contributed by atoms with Gasteiger partial charge in [0.05, 0.1) is 0 Å². The van der Waals surface area contributed by atoms with Gasteiger partial charge in [0.15, 0.2) is 5.69 Å². The first kappa shape index (κ1) is 10.6. The third kappa shape index (κ3) is 1.76. The van der Waals surface area contributed by atoms with E-state index in [9.17, 15) is 9.90 Å². The van der Waals surface area contributed by atoms with Gasteiger partial charge < -0.3 is 10.8 Å². The number of nitrogens with zero attached hydrogens (tertiary/aromatic N) is 2. The van der Waals surface area contributed by atoms with Gasteiger partial charge in [-0.1, -0.05) is 0 Å². The predicted octanol–water partition coefficient (Wildman–Crippen LogP) is 1.04. The van der Waals surface area contributed by atoms with E-state index in [0.29, 0.717) is 15.7 Å². The lowest BCUT2D eigenvalue weighted by Crippen LogP contribution is -2.12. The molecule has 0 atom stereocenters. The van der Waals surface area contributed by atoms with Crippen LogP contribution in [-0.2, 0) is 0 Å². The molecule has 0 saturated carbocycles. The van der Waals surface area contributed by atoms with Crippen LogP contribution in [0.3, 0.4) is 0 Å². The number of amides is 1. The van der Waals surface area contributed by atoms with E-state index < -0.39 is 5.91 Å². The summed E-state index contributed by atoms with van der Waals surface area (Å²) in [5.74, 6) is -0.552. The van der Waals surface area contributed by atoms with E-state index in [1.807, 2.05) is 0 Å². The van der Waals surface area contributed by atoms with E-state index in [4.69, 9.17) is 5.73 Å². The highest BCUT2D eigenvalue weighted by atomic mass is 79.9. The van der Waals surface area contributed by atoms with Gasteiger partial charge in [0.25, 0.3) is 5.91 Å². The maximum Gasteiger partial charge on any atom is 0.271 e. The number of nitrogens with two attached hydrogens (primary N) is 1. The lowest BCUT2D eigenvalue weighted by molar-refractivity contribution is 0.0996. The van der Waals surface area contributed by atoms with Gasteiger partial charge in [0.2, 0.25) is 0 Å². The Morgan fingerprint density at radius 2 is 2.19 bits per heavy atom. The Morgan fingerprint density at radius 3 is 2.81 bits per heavy atom. The quantitative estimate of drug-likeness (QED) is 0.765. The van der Waals surface area contributed by atoms with Crippen LogP contribution in [0.4, 0.5) is 0 Å². The molecular formula is C9H7BrN4O2. The number of phenols is 1. The van der Waals surface area contributed by atoms with Gasteiger partial charge in [0.1, 0.15) is 11.4 Å². The van der Waals surface area contributed by atoms with E-state index in [1.165, 1.54) is 12.1 Å². The largest absolute Gasteiger partial charge is 0.508 e. The molecule has 0 aliphatic rings. The molecule has 0 aliphatic heterocycles. The molecule has 0 saturated heterocycles. The number of benzene rings is 1. The van der Waals surface area contributed by atoms with Crippen LogP contribution in [0.5, 0.6) is 5.75 Å². The Kier molecular flexibility index (Phi) is 2.61. The fraction of sp³-hybridized carbons (Fsp3) is 0. The molecule has 2 aromatic rings. The second-order valence-corrected chi connectivity index (χ2v) is 3.90. The second kappa shape index (κ2) is 3.93. The summed E-state index contributed by atoms with van der Waals surface area (Å²) < 4.78 is 0.601. The fourth-order valence-corrected chi connectivity index (χ4v) is 1.84. The van der Waals surface area contributed by atoms with Crippen LogP contribution in [0.1, 0.15) is 10.5 Å². The molecule has 1 amide bonds. The summed E-state index contributed by atoms with van der Waals surface area (Å²) >= 11 is 3.26. The summed E-state index contributed by atoms with van der Waals surface area (Å²) in [4.78, 5) is 11.1. The number of carbonyl (C=O) groups excluding carboxylic acids is 1. The lowest BCUT2D eigenvalue weighted by Gasteiger charge is -2.02. The van der Waals surface area contributed by atoms with Gasteiger partial charge in [-0.2, -0.15) is 15.4 Å². The molecule has 0 spiro atoms. The van der Waals surface area contributed by atoms with Crippen LogP contribution in [0.25, 0.3) is 11.3 Å². The number of halogens is 1. The van der Waals surface area contributed by atoms with Gasteiger partial charge in [0, 0.05) is 10.0 Å². The van der Waals surface area contributed by atoms with Gasteiger partial charge in [-0.3, -0.25) is 4.79 Å². The van der Waals surface area contributed by atoms with Crippen molar-refractivity contribution >= 4 is 21.8 Å². The molecular weight excluding hydrogens is 276 g/mol. The first-order valence-electron chi connectivity index (χ1n) is 4.29. The monoisotopic (exact) mass is 282 g/mol. The standard InChI is InChI=1S/C9H7BrN4O2/c10-6-3-4(15)1-2-5(6)7-8(9(11)16)13-14-12-7/h1-3,15H,(H2,11,16)(H,12,13,14). The third-order valence-electron chi connectivity index (χ3n) is 1.99. The van der Waals surface area contributed by atoms with Gasteiger partial charge in [-0.05, 0) is 34.1 Å². The van der Waals surface area contributed by atoms with E-state index >= 15 is 0 Å². The summed E-state index contributed by atoms with van der Waals surface area (Å²) in [6, 6.07) is 4.60. The normalized spacial score (nSPS) is 10.3. The van der Waals surface area contributed by atoms with Gasteiger partial charge in [-0.25, -0.2) is 0 Å².